The van der Waals surface area contributed by atoms with Crippen LogP contribution in [0.25, 0.3) is 0 Å². The number of aromatic amines is 1. The lowest BCUT2D eigenvalue weighted by molar-refractivity contribution is 0.423. The Morgan fingerprint density at radius 1 is 1.42 bits per heavy atom. The average molecular weight is 164 g/mol. The number of H-pyrrole nitrogens is 1. The average Bonchev–Trinajstić information content (AvgIpc) is 2.41. The molecule has 0 bridgehead atoms. The number of aromatic nitrogens is 2. The first-order chi connectivity index (χ1) is 5.70. The predicted molar refractivity (Wildman–Crippen MR) is 49.2 cm³/mol. The lowest BCUT2D eigenvalue weighted by Gasteiger charge is -2.25. The van der Waals surface area contributed by atoms with Crippen LogP contribution in [0.2, 0.25) is 0 Å². The van der Waals surface area contributed by atoms with E-state index >= 15 is 0 Å². The fourth-order valence-corrected chi connectivity index (χ4v) is 2.18. The number of rotatable bonds is 0. The fourth-order valence-electron chi connectivity index (χ4n) is 2.18. The zero-order valence-corrected chi connectivity index (χ0v) is 8.02. The predicted octanol–water partition coefficient (Wildman–Crippen LogP) is 2.40. The van der Waals surface area contributed by atoms with Crippen LogP contribution in [0.4, 0.5) is 0 Å². The van der Waals surface area contributed by atoms with Crippen LogP contribution < -0.4 is 0 Å². The van der Waals surface area contributed by atoms with Gasteiger partial charge in [-0.25, -0.2) is 0 Å². The van der Waals surface area contributed by atoms with Crippen LogP contribution in [-0.2, 0) is 6.42 Å². The summed E-state index contributed by atoms with van der Waals surface area (Å²) in [6.07, 6.45) is 2.45. The van der Waals surface area contributed by atoms with Gasteiger partial charge in [0, 0.05) is 5.69 Å². The molecule has 66 valence electrons. The lowest BCUT2D eigenvalue weighted by Crippen LogP contribution is -2.15. The number of hydrogen-bond donors (Lipinski definition) is 1. The third-order valence-corrected chi connectivity index (χ3v) is 3.22. The van der Waals surface area contributed by atoms with Crippen molar-refractivity contribution in [2.24, 2.45) is 5.92 Å². The van der Waals surface area contributed by atoms with Gasteiger partial charge in [0.15, 0.2) is 0 Å². The van der Waals surface area contributed by atoms with Crippen LogP contribution in [0, 0.1) is 12.8 Å². The number of fused-ring (bicyclic) bond motifs is 1. The first kappa shape index (κ1) is 7.84. The van der Waals surface area contributed by atoms with Crippen LogP contribution >= 0.6 is 0 Å². The summed E-state index contributed by atoms with van der Waals surface area (Å²) < 4.78 is 0. The highest BCUT2D eigenvalue weighted by Gasteiger charge is 2.26. The summed E-state index contributed by atoms with van der Waals surface area (Å²) in [4.78, 5) is 0. The van der Waals surface area contributed by atoms with Gasteiger partial charge in [-0.2, -0.15) is 5.10 Å². The number of nitrogens with zero attached hydrogens (tertiary/aromatic N) is 1. The number of nitrogens with one attached hydrogen (secondary N) is 1. The second-order valence-corrected chi connectivity index (χ2v) is 4.01. The van der Waals surface area contributed by atoms with E-state index in [0.29, 0.717) is 5.92 Å². The van der Waals surface area contributed by atoms with Gasteiger partial charge in [0.2, 0.25) is 0 Å². The summed E-state index contributed by atoms with van der Waals surface area (Å²) >= 11 is 0. The topological polar surface area (TPSA) is 28.7 Å². The Balaban J connectivity index is 2.45. The second kappa shape index (κ2) is 2.61. The SMILES string of the molecule is Cc1[nH]nc2c1C(C)C(C)CC2. The van der Waals surface area contributed by atoms with Crippen molar-refractivity contribution in [3.8, 4) is 0 Å². The number of aryl methyl sites for hydroxylation is 2. The van der Waals surface area contributed by atoms with Gasteiger partial charge in [0.1, 0.15) is 0 Å². The van der Waals surface area contributed by atoms with Crippen molar-refractivity contribution in [3.63, 3.8) is 0 Å². The maximum Gasteiger partial charge on any atom is 0.0659 e. The summed E-state index contributed by atoms with van der Waals surface area (Å²) in [6.45, 7) is 6.77. The van der Waals surface area contributed by atoms with Crippen LogP contribution in [0.5, 0.6) is 0 Å². The maximum absolute atomic E-state index is 4.32. The molecule has 0 saturated heterocycles. The number of hydrogen-bond acceptors (Lipinski definition) is 1. The largest absolute Gasteiger partial charge is 0.282 e. The molecule has 1 aliphatic rings. The molecule has 12 heavy (non-hydrogen) atoms. The smallest absolute Gasteiger partial charge is 0.0659 e. The van der Waals surface area contributed by atoms with Gasteiger partial charge >= 0.3 is 0 Å². The molecule has 2 rings (SSSR count). The standard InChI is InChI=1S/C10H16N2/c1-6-4-5-9-10(7(6)2)8(3)11-12-9/h6-7H,4-5H2,1-3H3,(H,11,12). The molecule has 0 spiro atoms. The maximum atomic E-state index is 4.32. The Morgan fingerprint density at radius 3 is 2.92 bits per heavy atom. The van der Waals surface area contributed by atoms with E-state index in [2.05, 4.69) is 31.0 Å². The Bertz CT molecular complexity index is 288. The lowest BCUT2D eigenvalue weighted by atomic mass is 9.79. The highest BCUT2D eigenvalue weighted by molar-refractivity contribution is 5.30. The summed E-state index contributed by atoms with van der Waals surface area (Å²) in [5, 5.41) is 7.40. The van der Waals surface area contributed by atoms with E-state index in [-0.39, 0.29) is 0 Å². The molecular weight excluding hydrogens is 148 g/mol. The molecule has 0 fully saturated rings. The minimum absolute atomic E-state index is 0.687. The van der Waals surface area contributed by atoms with Crippen molar-refractivity contribution >= 4 is 0 Å². The summed E-state index contributed by atoms with van der Waals surface area (Å²) in [6, 6.07) is 0. The van der Waals surface area contributed by atoms with E-state index in [1.54, 1.807) is 0 Å². The second-order valence-electron chi connectivity index (χ2n) is 4.01. The molecule has 0 radical (unpaired) electrons. The molecule has 2 heteroatoms. The molecule has 0 aromatic carbocycles. The van der Waals surface area contributed by atoms with E-state index in [0.717, 1.165) is 12.3 Å². The van der Waals surface area contributed by atoms with Gasteiger partial charge < -0.3 is 0 Å². The third-order valence-electron chi connectivity index (χ3n) is 3.22. The van der Waals surface area contributed by atoms with Crippen molar-refractivity contribution < 1.29 is 0 Å². The van der Waals surface area contributed by atoms with Gasteiger partial charge in [0.05, 0.1) is 5.69 Å². The van der Waals surface area contributed by atoms with Gasteiger partial charge in [-0.3, -0.25) is 5.10 Å². The van der Waals surface area contributed by atoms with Crippen molar-refractivity contribution in [2.75, 3.05) is 0 Å². The molecule has 1 aromatic heterocycles. The Kier molecular flexibility index (Phi) is 1.71. The quantitative estimate of drug-likeness (QED) is 0.626. The Hall–Kier alpha value is -0.790. The molecule has 1 aliphatic carbocycles. The summed E-state index contributed by atoms with van der Waals surface area (Å²) in [5.74, 6) is 1.50. The van der Waals surface area contributed by atoms with Crippen LogP contribution in [0.3, 0.4) is 0 Å². The van der Waals surface area contributed by atoms with Crippen molar-refractivity contribution in [1.82, 2.24) is 10.2 Å². The first-order valence-electron chi connectivity index (χ1n) is 4.74. The molecule has 0 amide bonds. The monoisotopic (exact) mass is 164 g/mol. The highest BCUT2D eigenvalue weighted by Crippen LogP contribution is 2.35. The first-order valence-corrected chi connectivity index (χ1v) is 4.74. The minimum Gasteiger partial charge on any atom is -0.282 e. The zero-order valence-electron chi connectivity index (χ0n) is 8.02. The molecule has 2 unspecified atom stereocenters. The summed E-state index contributed by atoms with van der Waals surface area (Å²) in [5.41, 5.74) is 4.05. The van der Waals surface area contributed by atoms with Gasteiger partial charge in [-0.05, 0) is 37.2 Å². The summed E-state index contributed by atoms with van der Waals surface area (Å²) in [7, 11) is 0. The molecule has 1 heterocycles. The molecule has 0 saturated carbocycles. The fraction of sp³-hybridized carbons (Fsp3) is 0.700. The van der Waals surface area contributed by atoms with Crippen molar-refractivity contribution in [1.29, 1.82) is 0 Å². The van der Waals surface area contributed by atoms with E-state index < -0.39 is 0 Å². The van der Waals surface area contributed by atoms with Gasteiger partial charge in [0.25, 0.3) is 0 Å². The molecule has 1 aromatic rings. The Morgan fingerprint density at radius 2 is 2.17 bits per heavy atom. The van der Waals surface area contributed by atoms with Crippen molar-refractivity contribution in [2.45, 2.75) is 39.5 Å². The van der Waals surface area contributed by atoms with Crippen LogP contribution in [-0.4, -0.2) is 10.2 Å². The Labute approximate surface area is 73.4 Å². The van der Waals surface area contributed by atoms with Crippen LogP contribution in [0.15, 0.2) is 0 Å². The van der Waals surface area contributed by atoms with Gasteiger partial charge in [-0.1, -0.05) is 13.8 Å². The normalized spacial score (nSPS) is 28.6. The molecule has 2 atom stereocenters. The molecule has 1 N–H and O–H groups in total. The van der Waals surface area contributed by atoms with E-state index in [1.165, 1.54) is 23.4 Å². The van der Waals surface area contributed by atoms with E-state index in [4.69, 9.17) is 0 Å². The minimum atomic E-state index is 0.687. The van der Waals surface area contributed by atoms with Gasteiger partial charge in [-0.15, -0.1) is 0 Å². The van der Waals surface area contributed by atoms with Crippen LogP contribution in [0.1, 0.15) is 43.1 Å². The van der Waals surface area contributed by atoms with Crippen molar-refractivity contribution in [3.05, 3.63) is 17.0 Å². The third kappa shape index (κ3) is 0.977. The highest BCUT2D eigenvalue weighted by atomic mass is 15.1. The van der Waals surface area contributed by atoms with E-state index in [9.17, 15) is 0 Å². The van der Waals surface area contributed by atoms with E-state index in [1.807, 2.05) is 0 Å². The molecule has 2 nitrogen and oxygen atoms in total. The zero-order chi connectivity index (χ0) is 8.72. The molecule has 0 aliphatic heterocycles. The molecular formula is C10H16N2.